The van der Waals surface area contributed by atoms with E-state index < -0.39 is 11.4 Å². The van der Waals surface area contributed by atoms with E-state index in [1.807, 2.05) is 32.9 Å². The van der Waals surface area contributed by atoms with Gasteiger partial charge in [0.05, 0.1) is 17.7 Å². The summed E-state index contributed by atoms with van der Waals surface area (Å²) >= 11 is 12.9. The van der Waals surface area contributed by atoms with Crippen LogP contribution in [0, 0.1) is 24.2 Å². The molecule has 0 bridgehead atoms. The molecule has 0 amide bonds. The summed E-state index contributed by atoms with van der Waals surface area (Å²) in [5, 5.41) is 14.1. The summed E-state index contributed by atoms with van der Waals surface area (Å²) in [4.78, 5) is 25.5. The first-order valence-electron chi connectivity index (χ1n) is 12.9. The molecule has 3 aliphatic rings. The average Bonchev–Trinajstić information content (AvgIpc) is 2.78. The van der Waals surface area contributed by atoms with E-state index in [9.17, 15) is 9.90 Å². The van der Waals surface area contributed by atoms with Crippen molar-refractivity contribution < 1.29 is 9.90 Å². The van der Waals surface area contributed by atoms with Gasteiger partial charge in [-0.2, -0.15) is 4.98 Å². The SMILES string of the molecule is Cc1ccc([C@@H](C)Nc2nc(N3CC([C@H]4CCCN(C5CC(C)(C(=O)O)C5)C4)C3)ncc2Cl)c(Cl)c1. The molecule has 5 rings (SSSR count). The Morgan fingerprint density at radius 2 is 1.94 bits per heavy atom. The minimum atomic E-state index is -0.657. The number of carbonyl (C=O) groups is 1. The second-order valence-corrected chi connectivity index (χ2v) is 12.1. The molecule has 194 valence electrons. The zero-order valence-electron chi connectivity index (χ0n) is 21.2. The molecule has 1 aromatic carbocycles. The van der Waals surface area contributed by atoms with Crippen molar-refractivity contribution in [1.82, 2.24) is 14.9 Å². The zero-order chi connectivity index (χ0) is 25.6. The van der Waals surface area contributed by atoms with Gasteiger partial charge in [0.2, 0.25) is 5.95 Å². The Balaban J connectivity index is 1.17. The number of aryl methyl sites for hydroxylation is 1. The van der Waals surface area contributed by atoms with Crippen molar-refractivity contribution in [2.24, 2.45) is 17.3 Å². The Labute approximate surface area is 223 Å². The van der Waals surface area contributed by atoms with Crippen molar-refractivity contribution in [2.75, 3.05) is 36.4 Å². The molecule has 7 nitrogen and oxygen atoms in total. The fourth-order valence-electron chi connectivity index (χ4n) is 6.02. The molecule has 9 heteroatoms. The number of hydrogen-bond donors (Lipinski definition) is 2. The van der Waals surface area contributed by atoms with Gasteiger partial charge >= 0.3 is 5.97 Å². The summed E-state index contributed by atoms with van der Waals surface area (Å²) in [5.41, 5.74) is 1.59. The molecule has 2 aliphatic heterocycles. The van der Waals surface area contributed by atoms with Gasteiger partial charge in [0, 0.05) is 30.7 Å². The summed E-state index contributed by atoms with van der Waals surface area (Å²) in [6, 6.07) is 6.41. The maximum absolute atomic E-state index is 11.5. The number of nitrogens with one attached hydrogen (secondary N) is 1. The number of rotatable bonds is 7. The van der Waals surface area contributed by atoms with Crippen molar-refractivity contribution in [3.05, 3.63) is 45.6 Å². The summed E-state index contributed by atoms with van der Waals surface area (Å²) in [5.74, 6) is 1.91. The van der Waals surface area contributed by atoms with E-state index >= 15 is 0 Å². The number of halogens is 2. The largest absolute Gasteiger partial charge is 0.481 e. The van der Waals surface area contributed by atoms with Crippen LogP contribution in [0.25, 0.3) is 0 Å². The van der Waals surface area contributed by atoms with Crippen molar-refractivity contribution >= 4 is 40.9 Å². The van der Waals surface area contributed by atoms with Gasteiger partial charge in [0.1, 0.15) is 5.02 Å². The number of aliphatic carboxylic acids is 1. The van der Waals surface area contributed by atoms with E-state index in [4.69, 9.17) is 28.2 Å². The van der Waals surface area contributed by atoms with E-state index in [1.54, 1.807) is 6.20 Å². The third-order valence-corrected chi connectivity index (χ3v) is 9.06. The van der Waals surface area contributed by atoms with Gasteiger partial charge in [-0.05, 0) is 82.0 Å². The fraction of sp³-hybridized carbons (Fsp3) is 0.593. The van der Waals surface area contributed by atoms with Crippen LogP contribution < -0.4 is 10.2 Å². The molecule has 2 saturated heterocycles. The second-order valence-electron chi connectivity index (χ2n) is 11.2. The minimum Gasteiger partial charge on any atom is -0.481 e. The van der Waals surface area contributed by atoms with Gasteiger partial charge in [-0.1, -0.05) is 35.3 Å². The van der Waals surface area contributed by atoms with Crippen molar-refractivity contribution in [3.63, 3.8) is 0 Å². The quantitative estimate of drug-likeness (QED) is 0.476. The maximum atomic E-state index is 11.5. The predicted octanol–water partition coefficient (Wildman–Crippen LogP) is 5.67. The molecule has 2 N–H and O–H groups in total. The number of likely N-dealkylation sites (tertiary alicyclic amines) is 1. The van der Waals surface area contributed by atoms with Crippen LogP contribution in [0.15, 0.2) is 24.4 Å². The molecular formula is C27H35Cl2N5O2. The van der Waals surface area contributed by atoms with Crippen molar-refractivity contribution in [2.45, 2.75) is 58.5 Å². The molecule has 3 heterocycles. The molecule has 1 aliphatic carbocycles. The Kier molecular flexibility index (Phi) is 7.09. The van der Waals surface area contributed by atoms with Crippen LogP contribution in [0.4, 0.5) is 11.8 Å². The number of benzene rings is 1. The van der Waals surface area contributed by atoms with E-state index in [0.29, 0.717) is 34.7 Å². The predicted molar refractivity (Wildman–Crippen MR) is 144 cm³/mol. The number of aromatic nitrogens is 2. The summed E-state index contributed by atoms with van der Waals surface area (Å²) in [6.07, 6.45) is 5.63. The Morgan fingerprint density at radius 3 is 2.64 bits per heavy atom. The van der Waals surface area contributed by atoms with E-state index in [0.717, 1.165) is 55.2 Å². The van der Waals surface area contributed by atoms with Crippen LogP contribution in [0.1, 0.15) is 56.7 Å². The molecule has 0 spiro atoms. The normalized spacial score (nSPS) is 27.8. The van der Waals surface area contributed by atoms with Crippen LogP contribution in [0.5, 0.6) is 0 Å². The number of hydrogen-bond acceptors (Lipinski definition) is 6. The van der Waals surface area contributed by atoms with Gasteiger partial charge in [0.15, 0.2) is 5.82 Å². The van der Waals surface area contributed by atoms with Crippen molar-refractivity contribution in [3.8, 4) is 0 Å². The second kappa shape index (κ2) is 9.99. The molecule has 3 fully saturated rings. The standard InChI is InChI=1S/C27H35Cl2N5O2/c1-16-6-7-21(22(28)9-16)17(2)31-24-23(29)12-30-26(32-24)34-14-19(15-34)18-5-4-8-33(13-18)20-10-27(3,11-20)25(35)36/h6-7,9,12,17-20H,4-5,8,10-11,13-15H2,1-3H3,(H,35,36)(H,30,31,32)/t17-,18+,20?,27?/m1/s1. The Bertz CT molecular complexity index is 1130. The highest BCUT2D eigenvalue weighted by Crippen LogP contribution is 2.45. The van der Waals surface area contributed by atoms with Gasteiger partial charge in [-0.15, -0.1) is 0 Å². The fourth-order valence-corrected chi connectivity index (χ4v) is 6.57. The molecular weight excluding hydrogens is 497 g/mol. The minimum absolute atomic E-state index is 0.0507. The lowest BCUT2D eigenvalue weighted by Crippen LogP contribution is -2.58. The molecule has 36 heavy (non-hydrogen) atoms. The lowest BCUT2D eigenvalue weighted by atomic mass is 9.65. The number of carboxylic acids is 1. The highest BCUT2D eigenvalue weighted by atomic mass is 35.5. The Hall–Kier alpha value is -2.09. The van der Waals surface area contributed by atoms with Crippen LogP contribution in [0.2, 0.25) is 10.0 Å². The first kappa shape index (κ1) is 25.6. The number of piperidine rings is 1. The monoisotopic (exact) mass is 531 g/mol. The first-order chi connectivity index (χ1) is 17.1. The van der Waals surface area contributed by atoms with Gasteiger partial charge in [0.25, 0.3) is 0 Å². The van der Waals surface area contributed by atoms with E-state index in [-0.39, 0.29) is 6.04 Å². The van der Waals surface area contributed by atoms with Gasteiger partial charge in [-0.25, -0.2) is 4.98 Å². The van der Waals surface area contributed by atoms with Crippen LogP contribution >= 0.6 is 23.2 Å². The highest BCUT2D eigenvalue weighted by Gasteiger charge is 2.49. The molecule has 2 aromatic rings. The lowest BCUT2D eigenvalue weighted by molar-refractivity contribution is -0.158. The summed E-state index contributed by atoms with van der Waals surface area (Å²) in [6.45, 7) is 9.99. The van der Waals surface area contributed by atoms with Gasteiger partial charge in [-0.3, -0.25) is 4.79 Å². The third-order valence-electron chi connectivity index (χ3n) is 8.46. The summed E-state index contributed by atoms with van der Waals surface area (Å²) < 4.78 is 0. The van der Waals surface area contributed by atoms with E-state index in [2.05, 4.69) is 26.2 Å². The molecule has 1 aromatic heterocycles. The lowest BCUT2D eigenvalue weighted by Gasteiger charge is -2.52. The maximum Gasteiger partial charge on any atom is 0.309 e. The Morgan fingerprint density at radius 1 is 1.19 bits per heavy atom. The molecule has 0 radical (unpaired) electrons. The average molecular weight is 533 g/mol. The molecule has 2 atom stereocenters. The van der Waals surface area contributed by atoms with Crippen LogP contribution in [-0.2, 0) is 4.79 Å². The van der Waals surface area contributed by atoms with Crippen molar-refractivity contribution in [1.29, 1.82) is 0 Å². The summed E-state index contributed by atoms with van der Waals surface area (Å²) in [7, 11) is 0. The highest BCUT2D eigenvalue weighted by molar-refractivity contribution is 6.33. The number of nitrogens with zero attached hydrogens (tertiary/aromatic N) is 4. The molecule has 1 saturated carbocycles. The van der Waals surface area contributed by atoms with Crippen LogP contribution in [0.3, 0.4) is 0 Å². The first-order valence-corrected chi connectivity index (χ1v) is 13.7. The molecule has 0 unspecified atom stereocenters. The topological polar surface area (TPSA) is 81.6 Å². The number of anilines is 2. The van der Waals surface area contributed by atoms with Crippen LogP contribution in [-0.4, -0.2) is 58.2 Å². The zero-order valence-corrected chi connectivity index (χ0v) is 22.7. The third kappa shape index (κ3) is 5.02. The smallest absolute Gasteiger partial charge is 0.309 e. The number of carboxylic acid groups (broad SMARTS) is 1. The van der Waals surface area contributed by atoms with E-state index in [1.165, 1.54) is 12.8 Å². The van der Waals surface area contributed by atoms with Gasteiger partial charge < -0.3 is 20.2 Å².